The van der Waals surface area contributed by atoms with Gasteiger partial charge in [-0.15, -0.1) is 0 Å². The van der Waals surface area contributed by atoms with Gasteiger partial charge in [0.2, 0.25) is 5.91 Å². The van der Waals surface area contributed by atoms with Gasteiger partial charge in [0, 0.05) is 51.1 Å². The predicted octanol–water partition coefficient (Wildman–Crippen LogP) is 1.98. The van der Waals surface area contributed by atoms with E-state index < -0.39 is 0 Å². The summed E-state index contributed by atoms with van der Waals surface area (Å²) >= 11 is 0. The molecule has 3 aliphatic heterocycles. The summed E-state index contributed by atoms with van der Waals surface area (Å²) in [5.41, 5.74) is 0.692. The molecular formula is C21H31N3O4. The van der Waals surface area contributed by atoms with E-state index in [2.05, 4.69) is 4.90 Å². The van der Waals surface area contributed by atoms with Crippen molar-refractivity contribution < 1.29 is 18.7 Å². The number of nitrogens with zero attached hydrogens (tertiary/aromatic N) is 3. The summed E-state index contributed by atoms with van der Waals surface area (Å²) in [6.07, 6.45) is 5.18. The summed E-state index contributed by atoms with van der Waals surface area (Å²) in [6, 6.07) is 1.89. The van der Waals surface area contributed by atoms with Crippen molar-refractivity contribution in [1.82, 2.24) is 14.7 Å². The Kier molecular flexibility index (Phi) is 5.73. The summed E-state index contributed by atoms with van der Waals surface area (Å²) in [4.78, 5) is 31.4. The summed E-state index contributed by atoms with van der Waals surface area (Å²) in [5, 5.41) is 0. The van der Waals surface area contributed by atoms with E-state index in [1.165, 1.54) is 0 Å². The molecule has 0 aliphatic carbocycles. The van der Waals surface area contributed by atoms with E-state index in [4.69, 9.17) is 9.15 Å². The maximum Gasteiger partial charge on any atom is 0.257 e. The van der Waals surface area contributed by atoms with Crippen molar-refractivity contribution in [2.45, 2.75) is 39.2 Å². The van der Waals surface area contributed by atoms with Crippen LogP contribution in [0.3, 0.4) is 0 Å². The minimum atomic E-state index is 0.0519. The van der Waals surface area contributed by atoms with Gasteiger partial charge < -0.3 is 19.0 Å². The van der Waals surface area contributed by atoms with E-state index in [9.17, 15) is 9.59 Å². The SMILES string of the molecule is CCN1C[C@@]2(CCCN(C(=O)c3coc(CN4CCOCC4)c3)C2)CCC1=O. The summed E-state index contributed by atoms with van der Waals surface area (Å²) in [6.45, 7) is 9.08. The van der Waals surface area contributed by atoms with Crippen LogP contribution in [0.4, 0.5) is 0 Å². The van der Waals surface area contributed by atoms with Crippen LogP contribution < -0.4 is 0 Å². The zero-order chi connectivity index (χ0) is 19.6. The number of carbonyl (C=O) groups is 2. The fourth-order valence-electron chi connectivity index (χ4n) is 4.84. The molecule has 3 saturated heterocycles. The molecule has 1 spiro atoms. The zero-order valence-electron chi connectivity index (χ0n) is 16.8. The maximum absolute atomic E-state index is 13.1. The van der Waals surface area contributed by atoms with Gasteiger partial charge in [0.1, 0.15) is 12.0 Å². The number of likely N-dealkylation sites (tertiary alicyclic amines) is 2. The van der Waals surface area contributed by atoms with E-state index in [1.54, 1.807) is 6.26 Å². The molecule has 2 amide bonds. The van der Waals surface area contributed by atoms with Crippen LogP contribution >= 0.6 is 0 Å². The lowest BCUT2D eigenvalue weighted by Crippen LogP contribution is -2.55. The lowest BCUT2D eigenvalue weighted by atomic mass is 9.73. The standard InChI is InChI=1S/C21H31N3O4/c1-2-23-15-21(6-4-19(23)25)5-3-7-24(16-21)20(26)17-12-18(28-14-17)13-22-8-10-27-11-9-22/h12,14H,2-11,13,15-16H2,1H3/t21-/m1/s1. The van der Waals surface area contributed by atoms with Gasteiger partial charge in [-0.1, -0.05) is 0 Å². The Morgan fingerprint density at radius 3 is 2.79 bits per heavy atom. The first-order valence-corrected chi connectivity index (χ1v) is 10.5. The summed E-state index contributed by atoms with van der Waals surface area (Å²) < 4.78 is 11.1. The van der Waals surface area contributed by atoms with Gasteiger partial charge in [0.05, 0.1) is 25.3 Å². The van der Waals surface area contributed by atoms with Crippen molar-refractivity contribution >= 4 is 11.8 Å². The molecular weight excluding hydrogens is 358 g/mol. The van der Waals surface area contributed by atoms with E-state index in [0.717, 1.165) is 77.5 Å². The van der Waals surface area contributed by atoms with Gasteiger partial charge >= 0.3 is 0 Å². The van der Waals surface area contributed by atoms with Crippen molar-refractivity contribution in [3.05, 3.63) is 23.7 Å². The van der Waals surface area contributed by atoms with Gasteiger partial charge in [-0.3, -0.25) is 14.5 Å². The number of hydrogen-bond donors (Lipinski definition) is 0. The molecule has 3 aliphatic rings. The van der Waals surface area contributed by atoms with Crippen LogP contribution in [0.5, 0.6) is 0 Å². The highest BCUT2D eigenvalue weighted by molar-refractivity contribution is 5.94. The third-order valence-corrected chi connectivity index (χ3v) is 6.46. The molecule has 1 atom stereocenters. The van der Waals surface area contributed by atoms with Crippen molar-refractivity contribution in [3.8, 4) is 0 Å². The van der Waals surface area contributed by atoms with E-state index in [-0.39, 0.29) is 17.2 Å². The Hall–Kier alpha value is -1.86. The average molecular weight is 389 g/mol. The van der Waals surface area contributed by atoms with Crippen LogP contribution in [-0.2, 0) is 16.1 Å². The van der Waals surface area contributed by atoms with E-state index in [1.807, 2.05) is 22.8 Å². The number of rotatable bonds is 4. The van der Waals surface area contributed by atoms with Crippen molar-refractivity contribution in [2.24, 2.45) is 5.41 Å². The Labute approximate surface area is 166 Å². The molecule has 0 N–H and O–H groups in total. The molecule has 0 saturated carbocycles. The molecule has 7 nitrogen and oxygen atoms in total. The lowest BCUT2D eigenvalue weighted by molar-refractivity contribution is -0.138. The molecule has 4 heterocycles. The molecule has 0 unspecified atom stereocenters. The number of amides is 2. The fraction of sp³-hybridized carbons (Fsp3) is 0.714. The topological polar surface area (TPSA) is 66.2 Å². The molecule has 1 aromatic rings. The largest absolute Gasteiger partial charge is 0.467 e. The average Bonchev–Trinajstić information content (AvgIpc) is 3.19. The number of ether oxygens (including phenoxy) is 1. The molecule has 7 heteroatoms. The minimum absolute atomic E-state index is 0.0519. The number of furan rings is 1. The maximum atomic E-state index is 13.1. The quantitative estimate of drug-likeness (QED) is 0.788. The van der Waals surface area contributed by atoms with Crippen LogP contribution in [0.25, 0.3) is 0 Å². The van der Waals surface area contributed by atoms with E-state index in [0.29, 0.717) is 18.5 Å². The molecule has 3 fully saturated rings. The monoisotopic (exact) mass is 389 g/mol. The third-order valence-electron chi connectivity index (χ3n) is 6.46. The molecule has 4 rings (SSSR count). The zero-order valence-corrected chi connectivity index (χ0v) is 16.8. The molecule has 1 aromatic heterocycles. The number of morpholine rings is 1. The van der Waals surface area contributed by atoms with Crippen LogP contribution in [0.1, 0.15) is 48.7 Å². The summed E-state index contributed by atoms with van der Waals surface area (Å²) in [5.74, 6) is 1.13. The van der Waals surface area contributed by atoms with Crippen LogP contribution in [0, 0.1) is 5.41 Å². The molecule has 154 valence electrons. The van der Waals surface area contributed by atoms with Crippen molar-refractivity contribution in [3.63, 3.8) is 0 Å². The van der Waals surface area contributed by atoms with Crippen molar-refractivity contribution in [2.75, 3.05) is 52.5 Å². The highest BCUT2D eigenvalue weighted by atomic mass is 16.5. The third kappa shape index (κ3) is 4.10. The highest BCUT2D eigenvalue weighted by Crippen LogP contribution is 2.39. The van der Waals surface area contributed by atoms with Gasteiger partial charge in [0.25, 0.3) is 5.91 Å². The first-order valence-electron chi connectivity index (χ1n) is 10.5. The second-order valence-corrected chi connectivity index (χ2v) is 8.43. The number of carbonyl (C=O) groups excluding carboxylic acids is 2. The fourth-order valence-corrected chi connectivity index (χ4v) is 4.84. The Morgan fingerprint density at radius 2 is 2.00 bits per heavy atom. The Balaban J connectivity index is 1.40. The molecule has 0 radical (unpaired) electrons. The first kappa shape index (κ1) is 19.5. The van der Waals surface area contributed by atoms with Crippen LogP contribution in [-0.4, -0.2) is 79.0 Å². The van der Waals surface area contributed by atoms with Crippen LogP contribution in [0.15, 0.2) is 16.7 Å². The smallest absolute Gasteiger partial charge is 0.257 e. The second kappa shape index (κ2) is 8.25. The van der Waals surface area contributed by atoms with E-state index >= 15 is 0 Å². The normalized spacial score (nSPS) is 26.8. The Bertz CT molecular complexity index is 712. The number of piperidine rings is 2. The molecule has 28 heavy (non-hydrogen) atoms. The minimum Gasteiger partial charge on any atom is -0.467 e. The van der Waals surface area contributed by atoms with Crippen molar-refractivity contribution in [1.29, 1.82) is 0 Å². The van der Waals surface area contributed by atoms with Gasteiger partial charge in [-0.25, -0.2) is 0 Å². The second-order valence-electron chi connectivity index (χ2n) is 8.43. The lowest BCUT2D eigenvalue weighted by Gasteiger charge is -2.48. The first-order chi connectivity index (χ1) is 13.6. The predicted molar refractivity (Wildman–Crippen MR) is 104 cm³/mol. The summed E-state index contributed by atoms with van der Waals surface area (Å²) in [7, 11) is 0. The highest BCUT2D eigenvalue weighted by Gasteiger charge is 2.42. The number of hydrogen-bond acceptors (Lipinski definition) is 5. The van der Waals surface area contributed by atoms with Gasteiger partial charge in [0.15, 0.2) is 0 Å². The van der Waals surface area contributed by atoms with Crippen LogP contribution in [0.2, 0.25) is 0 Å². The molecule has 0 bridgehead atoms. The Morgan fingerprint density at radius 1 is 1.18 bits per heavy atom. The van der Waals surface area contributed by atoms with Gasteiger partial charge in [-0.05, 0) is 32.3 Å². The molecule has 0 aromatic carbocycles. The van der Waals surface area contributed by atoms with Gasteiger partial charge in [-0.2, -0.15) is 0 Å².